The maximum Gasteiger partial charge on any atom is 0.310 e. The molecule has 224 valence electrons. The summed E-state index contributed by atoms with van der Waals surface area (Å²) in [5.41, 5.74) is -0.390. The van der Waals surface area contributed by atoms with E-state index < -0.39 is 29.4 Å². The van der Waals surface area contributed by atoms with Crippen molar-refractivity contribution in [2.45, 2.75) is 69.9 Å². The molecule has 2 aliphatic heterocycles. The lowest BCUT2D eigenvalue weighted by molar-refractivity contribution is -0.147. The van der Waals surface area contributed by atoms with Crippen molar-refractivity contribution in [3.8, 4) is 5.88 Å². The number of benzene rings is 2. The van der Waals surface area contributed by atoms with Crippen molar-refractivity contribution in [3.63, 3.8) is 0 Å². The van der Waals surface area contributed by atoms with Crippen LogP contribution >= 0.6 is 0 Å². The zero-order valence-electron chi connectivity index (χ0n) is 24.2. The molecule has 0 radical (unpaired) electrons. The maximum absolute atomic E-state index is 14.3. The van der Waals surface area contributed by atoms with Gasteiger partial charge in [-0.1, -0.05) is 55.3 Å². The molecule has 7 nitrogen and oxygen atoms in total. The number of fused-ring (bicyclic) bond motifs is 3. The Morgan fingerprint density at radius 1 is 1.09 bits per heavy atom. The Hall–Kier alpha value is -4.07. The lowest BCUT2D eigenvalue weighted by Gasteiger charge is -2.29. The summed E-state index contributed by atoms with van der Waals surface area (Å²) in [7, 11) is 0. The summed E-state index contributed by atoms with van der Waals surface area (Å²) in [4.78, 5) is 46.7. The number of carbonyl (C=O) groups is 3. The Morgan fingerprint density at radius 2 is 1.95 bits per heavy atom. The number of nitrogens with zero attached hydrogens (tertiary/aromatic N) is 2. The van der Waals surface area contributed by atoms with E-state index in [1.165, 1.54) is 12.1 Å². The highest BCUT2D eigenvalue weighted by Gasteiger charge is 2.61. The van der Waals surface area contributed by atoms with Crippen molar-refractivity contribution in [2.24, 2.45) is 17.3 Å². The summed E-state index contributed by atoms with van der Waals surface area (Å²) >= 11 is 0. The van der Waals surface area contributed by atoms with E-state index in [2.05, 4.69) is 4.98 Å². The van der Waals surface area contributed by atoms with Gasteiger partial charge < -0.3 is 14.7 Å². The van der Waals surface area contributed by atoms with Crippen molar-refractivity contribution in [2.75, 3.05) is 6.54 Å². The molecular weight excluding hydrogens is 547 g/mol. The van der Waals surface area contributed by atoms with Crippen molar-refractivity contribution < 1.29 is 28.6 Å². The molecule has 5 atom stereocenters. The second kappa shape index (κ2) is 12.3. The van der Waals surface area contributed by atoms with Gasteiger partial charge in [-0.3, -0.25) is 14.4 Å². The first kappa shape index (κ1) is 29.0. The molecular formula is C35H37FN2O5. The molecule has 8 heteroatoms. The highest BCUT2D eigenvalue weighted by Crippen LogP contribution is 2.57. The standard InChI is InChI=1S/C35H37FN2O5/c36-27-13-8-9-23(18-27)17-25-11-4-2-1-3-5-12-26-20-35(26,34(41)42)21-31(39)30-19-28(22-38(30)33(25)40)43-32-29-14-7-6-10-24(29)15-16-37-32/h5-10,12-16,18,25-26,28,30H,1-4,11,17,19-22H2,(H,41,42)/b12-5-/t25-,26+,28-,30+,35-/m1/s1. The maximum atomic E-state index is 14.3. The van der Waals surface area contributed by atoms with E-state index in [9.17, 15) is 23.9 Å². The number of carboxylic acids is 1. The number of halogens is 1. The Labute approximate surface area is 250 Å². The lowest BCUT2D eigenvalue weighted by Crippen LogP contribution is -2.45. The minimum Gasteiger partial charge on any atom is -0.481 e. The van der Waals surface area contributed by atoms with Gasteiger partial charge in [0.1, 0.15) is 11.9 Å². The number of rotatable bonds is 5. The molecule has 43 heavy (non-hydrogen) atoms. The van der Waals surface area contributed by atoms with Gasteiger partial charge in [0, 0.05) is 30.3 Å². The topological polar surface area (TPSA) is 96.8 Å². The molecule has 1 N–H and O–H groups in total. The first-order chi connectivity index (χ1) is 20.8. The molecule has 1 aromatic heterocycles. The van der Waals surface area contributed by atoms with Crippen molar-refractivity contribution in [1.82, 2.24) is 9.88 Å². The van der Waals surface area contributed by atoms with E-state index in [0.717, 1.165) is 42.0 Å². The van der Waals surface area contributed by atoms with E-state index in [1.54, 1.807) is 17.2 Å². The number of amides is 1. The van der Waals surface area contributed by atoms with Crippen LogP contribution in [-0.2, 0) is 20.8 Å². The second-order valence-electron chi connectivity index (χ2n) is 12.3. The zero-order chi connectivity index (χ0) is 30.0. The van der Waals surface area contributed by atoms with Crippen molar-refractivity contribution in [1.29, 1.82) is 0 Å². The van der Waals surface area contributed by atoms with E-state index in [0.29, 0.717) is 25.1 Å². The van der Waals surface area contributed by atoms with Gasteiger partial charge in [-0.2, -0.15) is 0 Å². The van der Waals surface area contributed by atoms with Crippen LogP contribution in [0.25, 0.3) is 10.8 Å². The number of hydrogen-bond donors (Lipinski definition) is 1. The highest BCUT2D eigenvalue weighted by molar-refractivity contribution is 5.95. The predicted molar refractivity (Wildman–Crippen MR) is 160 cm³/mol. The van der Waals surface area contributed by atoms with Gasteiger partial charge >= 0.3 is 5.97 Å². The van der Waals surface area contributed by atoms with Gasteiger partial charge in [0.15, 0.2) is 5.78 Å². The zero-order valence-corrected chi connectivity index (χ0v) is 24.2. The molecule has 6 rings (SSSR count). The van der Waals surface area contributed by atoms with E-state index in [4.69, 9.17) is 4.74 Å². The van der Waals surface area contributed by atoms with Gasteiger partial charge in [0.05, 0.1) is 18.0 Å². The van der Waals surface area contributed by atoms with Crippen LogP contribution in [-0.4, -0.2) is 51.3 Å². The summed E-state index contributed by atoms with van der Waals surface area (Å²) in [6.07, 6.45) is 10.3. The second-order valence-corrected chi connectivity index (χ2v) is 12.3. The molecule has 1 aliphatic carbocycles. The Balaban J connectivity index is 1.31. The van der Waals surface area contributed by atoms with Gasteiger partial charge in [0.2, 0.25) is 11.8 Å². The third kappa shape index (κ3) is 6.19. The molecule has 3 aromatic rings. The predicted octanol–water partition coefficient (Wildman–Crippen LogP) is 6.15. The molecule has 1 amide bonds. The first-order valence-electron chi connectivity index (χ1n) is 15.3. The van der Waals surface area contributed by atoms with Gasteiger partial charge in [-0.25, -0.2) is 9.37 Å². The van der Waals surface area contributed by atoms with Crippen LogP contribution in [0.3, 0.4) is 0 Å². The molecule has 2 aromatic carbocycles. The van der Waals surface area contributed by atoms with Crippen molar-refractivity contribution >= 4 is 28.4 Å². The lowest BCUT2D eigenvalue weighted by atomic mass is 9.90. The summed E-state index contributed by atoms with van der Waals surface area (Å²) in [6, 6.07) is 15.2. The van der Waals surface area contributed by atoms with E-state index in [-0.39, 0.29) is 42.8 Å². The van der Waals surface area contributed by atoms with Gasteiger partial charge in [-0.15, -0.1) is 0 Å². The minimum absolute atomic E-state index is 0.125. The first-order valence-corrected chi connectivity index (χ1v) is 15.3. The average Bonchev–Trinajstić information content (AvgIpc) is 3.53. The molecule has 1 saturated heterocycles. The number of ketones is 1. The van der Waals surface area contributed by atoms with Crippen LogP contribution in [0.5, 0.6) is 5.88 Å². The highest BCUT2D eigenvalue weighted by atomic mass is 19.1. The van der Waals surface area contributed by atoms with Crippen LogP contribution in [0.4, 0.5) is 4.39 Å². The number of carbonyl (C=O) groups excluding carboxylic acids is 2. The summed E-state index contributed by atoms with van der Waals surface area (Å²) in [6.45, 7) is 0.198. The molecule has 3 heterocycles. The van der Waals surface area contributed by atoms with Crippen LogP contribution in [0.15, 0.2) is 72.9 Å². The van der Waals surface area contributed by atoms with Crippen LogP contribution in [0.2, 0.25) is 0 Å². The number of aliphatic carboxylic acids is 1. The SMILES string of the molecule is O=C1C[C@]2(C(=O)O)C[C@@H]2/C=C\CCCCC[C@H](Cc2cccc(F)c2)C(=O)N2C[C@H](Oc3nccc4ccccc34)C[C@@H]12. The summed E-state index contributed by atoms with van der Waals surface area (Å²) in [5, 5.41) is 12.0. The van der Waals surface area contributed by atoms with E-state index >= 15 is 0 Å². The van der Waals surface area contributed by atoms with Crippen molar-refractivity contribution in [3.05, 3.63) is 84.3 Å². The molecule has 3 aliphatic rings. The number of pyridine rings is 1. The van der Waals surface area contributed by atoms with Crippen LogP contribution in [0, 0.1) is 23.1 Å². The van der Waals surface area contributed by atoms with Gasteiger partial charge in [-0.05, 0) is 73.2 Å². The van der Waals surface area contributed by atoms with Crippen LogP contribution < -0.4 is 4.74 Å². The molecule has 1 saturated carbocycles. The Bertz CT molecular complexity index is 1550. The molecule has 0 unspecified atom stereocenters. The van der Waals surface area contributed by atoms with Gasteiger partial charge in [0.25, 0.3) is 0 Å². The largest absolute Gasteiger partial charge is 0.481 e. The summed E-state index contributed by atoms with van der Waals surface area (Å²) < 4.78 is 20.4. The minimum atomic E-state index is -1.13. The third-order valence-electron chi connectivity index (χ3n) is 9.39. The Morgan fingerprint density at radius 3 is 2.79 bits per heavy atom. The molecule has 2 fully saturated rings. The molecule has 0 spiro atoms. The fourth-order valence-electron chi connectivity index (χ4n) is 6.90. The van der Waals surface area contributed by atoms with Crippen LogP contribution in [0.1, 0.15) is 56.9 Å². The third-order valence-corrected chi connectivity index (χ3v) is 9.39. The fourth-order valence-corrected chi connectivity index (χ4v) is 6.90. The fraction of sp³-hybridized carbons (Fsp3) is 0.429. The normalized spacial score (nSPS) is 28.8. The quantitative estimate of drug-likeness (QED) is 0.362. The van der Waals surface area contributed by atoms with E-state index in [1.807, 2.05) is 48.6 Å². The number of aromatic nitrogens is 1. The number of hydrogen-bond acceptors (Lipinski definition) is 5. The smallest absolute Gasteiger partial charge is 0.310 e. The Kier molecular flexibility index (Phi) is 8.28. The monoisotopic (exact) mass is 584 g/mol. The number of carboxylic acid groups (broad SMARTS) is 1. The molecule has 0 bridgehead atoms. The number of ether oxygens (including phenoxy) is 1. The number of allylic oxidation sites excluding steroid dienone is 2. The average molecular weight is 585 g/mol. The summed E-state index contributed by atoms with van der Waals surface area (Å²) in [5.74, 6) is -1.90. The number of Topliss-reactive ketones (excluding diaryl/α,β-unsaturated/α-hetero) is 1.